The Kier molecular flexibility index (Phi) is 5.46. The molecule has 0 aliphatic heterocycles. The summed E-state index contributed by atoms with van der Waals surface area (Å²) in [7, 11) is 0. The summed E-state index contributed by atoms with van der Waals surface area (Å²) in [4.78, 5) is 12.1. The van der Waals surface area contributed by atoms with Crippen LogP contribution in [0, 0.1) is 0 Å². The summed E-state index contributed by atoms with van der Waals surface area (Å²) < 4.78 is 1.71. The molecule has 25 heavy (non-hydrogen) atoms. The highest BCUT2D eigenvalue weighted by atomic mass is 35.5. The van der Waals surface area contributed by atoms with Crippen LogP contribution < -0.4 is 5.32 Å². The number of carbonyl (C=O) groups is 1. The molecular weight excluding hydrogens is 381 g/mol. The number of nitrogens with one attached hydrogen (secondary N) is 1. The number of rotatable bonds is 5. The number of hydrogen-bond donors (Lipinski definition) is 1. The highest BCUT2D eigenvalue weighted by molar-refractivity contribution is 7.99. The van der Waals surface area contributed by atoms with Gasteiger partial charge >= 0.3 is 0 Å². The molecule has 0 bridgehead atoms. The van der Waals surface area contributed by atoms with Crippen LogP contribution in [0.15, 0.2) is 35.4 Å². The van der Waals surface area contributed by atoms with Gasteiger partial charge in [-0.2, -0.15) is 9.61 Å². The molecule has 0 aliphatic carbocycles. The third-order valence-electron chi connectivity index (χ3n) is 3.33. The van der Waals surface area contributed by atoms with E-state index in [1.54, 1.807) is 22.7 Å². The number of thioether (sulfide) groups is 1. The Labute approximate surface area is 158 Å². The van der Waals surface area contributed by atoms with Gasteiger partial charge in [-0.05, 0) is 30.3 Å². The van der Waals surface area contributed by atoms with Crippen molar-refractivity contribution in [2.24, 2.45) is 0 Å². The molecule has 3 aromatic rings. The molecule has 1 aromatic carbocycles. The minimum absolute atomic E-state index is 0.191. The minimum Gasteiger partial charge on any atom is -0.324 e. The molecular formula is C16H15Cl2N5OS. The van der Waals surface area contributed by atoms with Crippen molar-refractivity contribution in [2.45, 2.75) is 24.8 Å². The van der Waals surface area contributed by atoms with Gasteiger partial charge in [-0.25, -0.2) is 0 Å². The predicted molar refractivity (Wildman–Crippen MR) is 101 cm³/mol. The zero-order valence-electron chi connectivity index (χ0n) is 13.5. The van der Waals surface area contributed by atoms with E-state index in [1.807, 2.05) is 26.0 Å². The van der Waals surface area contributed by atoms with Crippen molar-refractivity contribution < 1.29 is 4.79 Å². The fourth-order valence-electron chi connectivity index (χ4n) is 2.14. The van der Waals surface area contributed by atoms with E-state index in [9.17, 15) is 4.79 Å². The number of fused-ring (bicyclic) bond motifs is 1. The van der Waals surface area contributed by atoms with Gasteiger partial charge in [0.25, 0.3) is 0 Å². The van der Waals surface area contributed by atoms with Gasteiger partial charge in [0.1, 0.15) is 5.03 Å². The summed E-state index contributed by atoms with van der Waals surface area (Å²) >= 11 is 13.3. The fourth-order valence-corrected chi connectivity index (χ4v) is 3.14. The van der Waals surface area contributed by atoms with Gasteiger partial charge in [0.15, 0.2) is 11.5 Å². The van der Waals surface area contributed by atoms with Gasteiger partial charge in [0, 0.05) is 10.9 Å². The van der Waals surface area contributed by atoms with E-state index in [-0.39, 0.29) is 17.6 Å². The Morgan fingerprint density at radius 2 is 2.04 bits per heavy atom. The molecule has 0 spiro atoms. The molecule has 0 aliphatic rings. The van der Waals surface area contributed by atoms with Crippen LogP contribution in [0.2, 0.25) is 10.0 Å². The van der Waals surface area contributed by atoms with Crippen molar-refractivity contribution in [1.29, 1.82) is 0 Å². The Morgan fingerprint density at radius 1 is 1.24 bits per heavy atom. The molecule has 6 nitrogen and oxygen atoms in total. The quantitative estimate of drug-likeness (QED) is 0.652. The van der Waals surface area contributed by atoms with Crippen LogP contribution in [0.5, 0.6) is 0 Å². The lowest BCUT2D eigenvalue weighted by Gasteiger charge is -2.08. The zero-order chi connectivity index (χ0) is 18.0. The molecule has 0 unspecified atom stereocenters. The van der Waals surface area contributed by atoms with E-state index in [4.69, 9.17) is 23.2 Å². The van der Waals surface area contributed by atoms with Gasteiger partial charge < -0.3 is 5.32 Å². The molecule has 0 radical (unpaired) electrons. The molecule has 1 N–H and O–H groups in total. The van der Waals surface area contributed by atoms with Crippen LogP contribution in [0.25, 0.3) is 5.65 Å². The molecule has 130 valence electrons. The van der Waals surface area contributed by atoms with E-state index >= 15 is 0 Å². The largest absolute Gasteiger partial charge is 0.324 e. The van der Waals surface area contributed by atoms with E-state index in [0.717, 1.165) is 5.82 Å². The predicted octanol–water partition coefficient (Wildman–Crippen LogP) is 4.29. The summed E-state index contributed by atoms with van der Waals surface area (Å²) in [5.41, 5.74) is 1.17. The van der Waals surface area contributed by atoms with Crippen LogP contribution >= 0.6 is 35.0 Å². The molecule has 2 heterocycles. The van der Waals surface area contributed by atoms with Gasteiger partial charge in [0.2, 0.25) is 5.91 Å². The van der Waals surface area contributed by atoms with Crippen LogP contribution in [-0.4, -0.2) is 31.5 Å². The average molecular weight is 396 g/mol. The lowest BCUT2D eigenvalue weighted by molar-refractivity contribution is -0.113. The van der Waals surface area contributed by atoms with Gasteiger partial charge in [-0.3, -0.25) is 4.79 Å². The van der Waals surface area contributed by atoms with Crippen molar-refractivity contribution in [3.63, 3.8) is 0 Å². The van der Waals surface area contributed by atoms with Crippen LogP contribution in [-0.2, 0) is 4.79 Å². The first-order valence-electron chi connectivity index (χ1n) is 7.54. The maximum atomic E-state index is 12.1. The molecule has 3 rings (SSSR count). The van der Waals surface area contributed by atoms with Crippen molar-refractivity contribution in [3.05, 3.63) is 46.2 Å². The second kappa shape index (κ2) is 7.59. The molecule has 0 saturated carbocycles. The smallest absolute Gasteiger partial charge is 0.234 e. The molecule has 9 heteroatoms. The van der Waals surface area contributed by atoms with Gasteiger partial charge in [-0.1, -0.05) is 48.8 Å². The zero-order valence-corrected chi connectivity index (χ0v) is 15.9. The lowest BCUT2D eigenvalue weighted by atomic mass is 10.2. The van der Waals surface area contributed by atoms with E-state index in [2.05, 4.69) is 20.6 Å². The third-order valence-corrected chi connectivity index (χ3v) is 4.82. The van der Waals surface area contributed by atoms with E-state index in [1.165, 1.54) is 11.8 Å². The SMILES string of the molecule is CC(C)c1nnc2ccc(SCC(=O)Nc3cc(Cl)ccc3Cl)nn12. The van der Waals surface area contributed by atoms with Crippen molar-refractivity contribution in [2.75, 3.05) is 11.1 Å². The topological polar surface area (TPSA) is 72.2 Å². The molecule has 2 aromatic heterocycles. The number of carbonyl (C=O) groups excluding carboxylic acids is 1. The summed E-state index contributed by atoms with van der Waals surface area (Å²) in [6, 6.07) is 8.57. The maximum Gasteiger partial charge on any atom is 0.234 e. The number of amides is 1. The van der Waals surface area contributed by atoms with E-state index < -0.39 is 0 Å². The van der Waals surface area contributed by atoms with Crippen molar-refractivity contribution in [3.8, 4) is 0 Å². The number of nitrogens with zero attached hydrogens (tertiary/aromatic N) is 4. The second-order valence-corrected chi connectivity index (χ2v) is 7.45. The Hall–Kier alpha value is -1.83. The van der Waals surface area contributed by atoms with Crippen LogP contribution in [0.4, 0.5) is 5.69 Å². The first-order valence-corrected chi connectivity index (χ1v) is 9.28. The minimum atomic E-state index is -0.191. The van der Waals surface area contributed by atoms with Crippen LogP contribution in [0.3, 0.4) is 0 Å². The molecule has 0 saturated heterocycles. The standard InChI is InChI=1S/C16H15Cl2N5OS/c1-9(2)16-21-20-13-5-6-15(22-23(13)16)25-8-14(24)19-12-7-10(17)3-4-11(12)18/h3-7,9H,8H2,1-2H3,(H,19,24). The van der Waals surface area contributed by atoms with Crippen molar-refractivity contribution >= 4 is 52.2 Å². The number of anilines is 1. The first-order chi connectivity index (χ1) is 11.9. The highest BCUT2D eigenvalue weighted by Gasteiger charge is 2.12. The van der Waals surface area contributed by atoms with Gasteiger partial charge in [0.05, 0.1) is 16.5 Å². The summed E-state index contributed by atoms with van der Waals surface area (Å²) in [6.45, 7) is 4.06. The Morgan fingerprint density at radius 3 is 2.80 bits per heavy atom. The maximum absolute atomic E-state index is 12.1. The molecule has 1 amide bonds. The van der Waals surface area contributed by atoms with Gasteiger partial charge in [-0.15, -0.1) is 10.2 Å². The lowest BCUT2D eigenvalue weighted by Crippen LogP contribution is -2.14. The van der Waals surface area contributed by atoms with Crippen molar-refractivity contribution in [1.82, 2.24) is 19.8 Å². The summed E-state index contributed by atoms with van der Waals surface area (Å²) in [6.07, 6.45) is 0. The average Bonchev–Trinajstić information content (AvgIpc) is 2.99. The highest BCUT2D eigenvalue weighted by Crippen LogP contribution is 2.26. The van der Waals surface area contributed by atoms with E-state index in [0.29, 0.717) is 26.4 Å². The summed E-state index contributed by atoms with van der Waals surface area (Å²) in [5, 5.41) is 17.1. The molecule has 0 fully saturated rings. The number of benzene rings is 1. The Bertz CT molecular complexity index is 928. The Balaban J connectivity index is 1.68. The third kappa shape index (κ3) is 4.23. The number of aromatic nitrogens is 4. The van der Waals surface area contributed by atoms with Crippen LogP contribution in [0.1, 0.15) is 25.6 Å². The number of halogens is 2. The first kappa shape index (κ1) is 18.0. The summed E-state index contributed by atoms with van der Waals surface area (Å²) in [5.74, 6) is 0.994. The second-order valence-electron chi connectivity index (χ2n) is 5.62. The fraction of sp³-hybridized carbons (Fsp3) is 0.250. The molecule has 0 atom stereocenters. The number of hydrogen-bond acceptors (Lipinski definition) is 5. The normalized spacial score (nSPS) is 11.2. The monoisotopic (exact) mass is 395 g/mol.